The summed E-state index contributed by atoms with van der Waals surface area (Å²) < 4.78 is 5.07. The average molecular weight is 229 g/mol. The van der Waals surface area contributed by atoms with Crippen molar-refractivity contribution in [2.45, 2.75) is 65.8 Å². The predicted octanol–water partition coefficient (Wildman–Crippen LogP) is 3.61. The summed E-state index contributed by atoms with van der Waals surface area (Å²) in [5.74, 6) is 0. The van der Waals surface area contributed by atoms with Crippen molar-refractivity contribution in [1.29, 1.82) is 0 Å². The van der Waals surface area contributed by atoms with E-state index in [2.05, 4.69) is 39.9 Å². The van der Waals surface area contributed by atoms with Gasteiger partial charge in [-0.25, -0.2) is 0 Å². The molecule has 0 aromatic heterocycles. The standard InChI is InChI=1S/C14H31NO/c1-13(2,3)15-11-10-14(4,5)9-7-8-12-16-6/h15H,7-12H2,1-6H3. The molecule has 0 saturated heterocycles. The van der Waals surface area contributed by atoms with Gasteiger partial charge in [0, 0.05) is 19.3 Å². The van der Waals surface area contributed by atoms with Gasteiger partial charge in [-0.05, 0) is 52.0 Å². The average Bonchev–Trinajstić information content (AvgIpc) is 2.10. The Hall–Kier alpha value is -0.0800. The highest BCUT2D eigenvalue weighted by molar-refractivity contribution is 4.75. The first-order valence-electron chi connectivity index (χ1n) is 6.51. The van der Waals surface area contributed by atoms with Gasteiger partial charge in [0.15, 0.2) is 0 Å². The lowest BCUT2D eigenvalue weighted by molar-refractivity contribution is 0.183. The second kappa shape index (κ2) is 7.29. The quantitative estimate of drug-likeness (QED) is 0.642. The highest BCUT2D eigenvalue weighted by atomic mass is 16.5. The molecule has 1 N–H and O–H groups in total. The van der Waals surface area contributed by atoms with E-state index in [0.29, 0.717) is 5.41 Å². The molecule has 0 aromatic carbocycles. The molecule has 0 aliphatic carbocycles. The van der Waals surface area contributed by atoms with Gasteiger partial charge in [0.1, 0.15) is 0 Å². The van der Waals surface area contributed by atoms with E-state index in [9.17, 15) is 0 Å². The van der Waals surface area contributed by atoms with Crippen LogP contribution < -0.4 is 5.32 Å². The summed E-state index contributed by atoms with van der Waals surface area (Å²) in [7, 11) is 1.78. The summed E-state index contributed by atoms with van der Waals surface area (Å²) in [6.07, 6.45) is 5.00. The van der Waals surface area contributed by atoms with Crippen LogP contribution >= 0.6 is 0 Å². The van der Waals surface area contributed by atoms with E-state index in [1.54, 1.807) is 7.11 Å². The van der Waals surface area contributed by atoms with Crippen LogP contribution in [0.15, 0.2) is 0 Å². The first kappa shape index (κ1) is 15.9. The van der Waals surface area contributed by atoms with Crippen LogP contribution in [0.2, 0.25) is 0 Å². The minimum Gasteiger partial charge on any atom is -0.385 e. The highest BCUT2D eigenvalue weighted by Crippen LogP contribution is 2.27. The molecule has 0 rings (SSSR count). The third-order valence-electron chi connectivity index (χ3n) is 2.91. The van der Waals surface area contributed by atoms with Gasteiger partial charge in [-0.3, -0.25) is 0 Å². The largest absolute Gasteiger partial charge is 0.385 e. The minimum absolute atomic E-state index is 0.242. The summed E-state index contributed by atoms with van der Waals surface area (Å²) in [4.78, 5) is 0. The zero-order valence-corrected chi connectivity index (χ0v) is 12.2. The van der Waals surface area contributed by atoms with Crippen LogP contribution in [0, 0.1) is 5.41 Å². The Bertz CT molecular complexity index is 170. The van der Waals surface area contributed by atoms with E-state index in [1.807, 2.05) is 0 Å². The van der Waals surface area contributed by atoms with Crippen molar-refractivity contribution >= 4 is 0 Å². The topological polar surface area (TPSA) is 21.3 Å². The number of ether oxygens (including phenoxy) is 1. The number of nitrogens with one attached hydrogen (secondary N) is 1. The van der Waals surface area contributed by atoms with Crippen LogP contribution in [0.5, 0.6) is 0 Å². The summed E-state index contributed by atoms with van der Waals surface area (Å²) in [5.41, 5.74) is 0.693. The Morgan fingerprint density at radius 3 is 2.06 bits per heavy atom. The van der Waals surface area contributed by atoms with Crippen LogP contribution in [0.1, 0.15) is 60.3 Å². The van der Waals surface area contributed by atoms with Gasteiger partial charge < -0.3 is 10.1 Å². The second-order valence-electron chi connectivity index (χ2n) is 6.54. The Morgan fingerprint density at radius 2 is 1.56 bits per heavy atom. The first-order valence-corrected chi connectivity index (χ1v) is 6.51. The van der Waals surface area contributed by atoms with Gasteiger partial charge in [-0.2, -0.15) is 0 Å². The highest BCUT2D eigenvalue weighted by Gasteiger charge is 2.18. The smallest absolute Gasteiger partial charge is 0.0462 e. The molecule has 98 valence electrons. The van der Waals surface area contributed by atoms with E-state index in [0.717, 1.165) is 13.2 Å². The number of unbranched alkanes of at least 4 members (excludes halogenated alkanes) is 1. The molecule has 0 saturated carbocycles. The zero-order chi connectivity index (χ0) is 12.7. The molecule has 0 heterocycles. The molecule has 2 nitrogen and oxygen atoms in total. The van der Waals surface area contributed by atoms with Gasteiger partial charge in [-0.1, -0.05) is 20.3 Å². The zero-order valence-electron chi connectivity index (χ0n) is 12.2. The molecule has 0 bridgehead atoms. The predicted molar refractivity (Wildman–Crippen MR) is 71.9 cm³/mol. The summed E-state index contributed by atoms with van der Waals surface area (Å²) in [6, 6.07) is 0. The second-order valence-corrected chi connectivity index (χ2v) is 6.54. The van der Waals surface area contributed by atoms with Crippen molar-refractivity contribution in [3.63, 3.8) is 0 Å². The van der Waals surface area contributed by atoms with E-state index >= 15 is 0 Å². The normalized spacial score (nSPS) is 13.1. The molecule has 2 heteroatoms. The number of hydrogen-bond donors (Lipinski definition) is 1. The van der Waals surface area contributed by atoms with E-state index in [4.69, 9.17) is 4.74 Å². The third kappa shape index (κ3) is 10.4. The molecule has 0 aliphatic rings. The fourth-order valence-corrected chi connectivity index (χ4v) is 1.75. The molecule has 0 aromatic rings. The van der Waals surface area contributed by atoms with Gasteiger partial charge in [0.25, 0.3) is 0 Å². The molecule has 0 fully saturated rings. The van der Waals surface area contributed by atoms with Crippen LogP contribution in [0.4, 0.5) is 0 Å². The van der Waals surface area contributed by atoms with E-state index in [-0.39, 0.29) is 5.54 Å². The fourth-order valence-electron chi connectivity index (χ4n) is 1.75. The monoisotopic (exact) mass is 229 g/mol. The van der Waals surface area contributed by atoms with Gasteiger partial charge in [0.05, 0.1) is 0 Å². The molecule has 0 radical (unpaired) electrons. The molecule has 0 amide bonds. The van der Waals surface area contributed by atoms with Crippen molar-refractivity contribution in [1.82, 2.24) is 5.32 Å². The van der Waals surface area contributed by atoms with Crippen LogP contribution in [-0.4, -0.2) is 25.8 Å². The molecular weight excluding hydrogens is 198 g/mol. The molecule has 0 spiro atoms. The maximum absolute atomic E-state index is 5.07. The number of hydrogen-bond acceptors (Lipinski definition) is 2. The maximum Gasteiger partial charge on any atom is 0.0462 e. The van der Waals surface area contributed by atoms with Gasteiger partial charge in [-0.15, -0.1) is 0 Å². The lowest BCUT2D eigenvalue weighted by Crippen LogP contribution is -2.37. The fraction of sp³-hybridized carbons (Fsp3) is 1.00. The van der Waals surface area contributed by atoms with Crippen molar-refractivity contribution in [3.8, 4) is 0 Å². The Kier molecular flexibility index (Phi) is 7.25. The molecular formula is C14H31NO. The third-order valence-corrected chi connectivity index (χ3v) is 2.91. The molecule has 0 atom stereocenters. The van der Waals surface area contributed by atoms with Crippen molar-refractivity contribution in [2.24, 2.45) is 5.41 Å². The van der Waals surface area contributed by atoms with Crippen molar-refractivity contribution in [2.75, 3.05) is 20.3 Å². The first-order chi connectivity index (χ1) is 7.27. The van der Waals surface area contributed by atoms with Crippen LogP contribution in [0.25, 0.3) is 0 Å². The SMILES string of the molecule is COCCCCC(C)(C)CCNC(C)(C)C. The lowest BCUT2D eigenvalue weighted by atomic mass is 9.83. The van der Waals surface area contributed by atoms with Crippen molar-refractivity contribution < 1.29 is 4.74 Å². The summed E-state index contributed by atoms with van der Waals surface area (Å²) in [5, 5.41) is 3.55. The van der Waals surface area contributed by atoms with Gasteiger partial charge >= 0.3 is 0 Å². The van der Waals surface area contributed by atoms with Crippen LogP contribution in [-0.2, 0) is 4.74 Å². The summed E-state index contributed by atoms with van der Waals surface area (Å²) >= 11 is 0. The minimum atomic E-state index is 0.242. The lowest BCUT2D eigenvalue weighted by Gasteiger charge is -2.28. The maximum atomic E-state index is 5.07. The molecule has 0 unspecified atom stereocenters. The Balaban J connectivity index is 3.62. The molecule has 0 aliphatic heterocycles. The Labute approximate surface area is 102 Å². The van der Waals surface area contributed by atoms with Crippen LogP contribution in [0.3, 0.4) is 0 Å². The van der Waals surface area contributed by atoms with E-state index < -0.39 is 0 Å². The van der Waals surface area contributed by atoms with Crippen molar-refractivity contribution in [3.05, 3.63) is 0 Å². The summed E-state index contributed by atoms with van der Waals surface area (Å²) in [6.45, 7) is 13.4. The van der Waals surface area contributed by atoms with E-state index in [1.165, 1.54) is 25.7 Å². The molecule has 16 heavy (non-hydrogen) atoms. The van der Waals surface area contributed by atoms with Gasteiger partial charge in [0.2, 0.25) is 0 Å². The number of rotatable bonds is 8. The Morgan fingerprint density at radius 1 is 0.938 bits per heavy atom. The number of methoxy groups -OCH3 is 1.